The summed E-state index contributed by atoms with van der Waals surface area (Å²) in [5, 5.41) is 16.2. The topological polar surface area (TPSA) is 115 Å². The minimum Gasteiger partial charge on any atom is -0.475 e. The van der Waals surface area contributed by atoms with Crippen LogP contribution in [-0.2, 0) is 4.74 Å². The molecule has 2 N–H and O–H groups in total. The Morgan fingerprint density at radius 1 is 1.12 bits per heavy atom. The van der Waals surface area contributed by atoms with E-state index < -0.39 is 18.2 Å². The molecule has 4 aromatic rings. The fraction of sp³-hybridized carbons (Fsp3) is 0.125. The van der Waals surface area contributed by atoms with E-state index in [0.29, 0.717) is 27.9 Å². The molecule has 0 aliphatic rings. The Kier molecular flexibility index (Phi) is 5.64. The average Bonchev–Trinajstić information content (AvgIpc) is 3.36. The number of aromatic nitrogens is 1. The molecule has 0 saturated carbocycles. The van der Waals surface area contributed by atoms with E-state index in [1.54, 1.807) is 32.0 Å². The summed E-state index contributed by atoms with van der Waals surface area (Å²) in [6.45, 7) is 3.45. The van der Waals surface area contributed by atoms with Gasteiger partial charge in [0, 0.05) is 10.9 Å². The monoisotopic (exact) mass is 430 g/mol. The third-order valence-electron chi connectivity index (χ3n) is 4.69. The lowest BCUT2D eigenvalue weighted by molar-refractivity contribution is 0.0665. The molecule has 0 radical (unpaired) electrons. The van der Waals surface area contributed by atoms with Crippen molar-refractivity contribution < 1.29 is 28.4 Å². The van der Waals surface area contributed by atoms with Gasteiger partial charge in [0.15, 0.2) is 0 Å². The van der Waals surface area contributed by atoms with Crippen molar-refractivity contribution in [3.05, 3.63) is 82.9 Å². The summed E-state index contributed by atoms with van der Waals surface area (Å²) >= 11 is 0. The summed E-state index contributed by atoms with van der Waals surface area (Å²) in [7, 11) is 0. The number of aromatic carboxylic acids is 1. The minimum atomic E-state index is -1.14. The number of aryl methyl sites for hydroxylation is 1. The van der Waals surface area contributed by atoms with E-state index >= 15 is 0 Å². The van der Waals surface area contributed by atoms with Gasteiger partial charge in [0.1, 0.15) is 23.1 Å². The molecule has 0 spiro atoms. The maximum Gasteiger partial charge on any atom is 0.412 e. The molecule has 0 fully saturated rings. The lowest BCUT2D eigenvalue weighted by Crippen LogP contribution is -2.16. The molecule has 4 rings (SSSR count). The molecule has 0 aliphatic heterocycles. The Hall–Kier alpha value is -4.51. The van der Waals surface area contributed by atoms with E-state index in [4.69, 9.17) is 18.8 Å². The van der Waals surface area contributed by atoms with Crippen LogP contribution < -0.4 is 5.32 Å². The van der Waals surface area contributed by atoms with Gasteiger partial charge in [-0.3, -0.25) is 5.32 Å². The van der Waals surface area contributed by atoms with Gasteiger partial charge in [-0.1, -0.05) is 41.4 Å². The van der Waals surface area contributed by atoms with Crippen molar-refractivity contribution in [3.63, 3.8) is 0 Å². The first-order valence-corrected chi connectivity index (χ1v) is 9.68. The highest BCUT2D eigenvalue weighted by Crippen LogP contribution is 2.23. The van der Waals surface area contributed by atoms with Gasteiger partial charge in [0.2, 0.25) is 11.5 Å². The van der Waals surface area contributed by atoms with Crippen LogP contribution >= 0.6 is 0 Å². The van der Waals surface area contributed by atoms with Crippen LogP contribution in [0.3, 0.4) is 0 Å². The number of benzene rings is 2. The van der Waals surface area contributed by atoms with Gasteiger partial charge >= 0.3 is 12.1 Å². The SMILES string of the molecule is Cc1noc(C#Cc2ccc3cc(C(=O)O)oc3c2)c1NC(=O)OC(C)c1ccccc1. The van der Waals surface area contributed by atoms with Crippen LogP contribution in [0.5, 0.6) is 0 Å². The number of carbonyl (C=O) groups excluding carboxylic acids is 1. The number of carboxylic acids is 1. The van der Waals surface area contributed by atoms with E-state index in [1.807, 2.05) is 30.3 Å². The molecule has 0 aliphatic carbocycles. The van der Waals surface area contributed by atoms with Crippen molar-refractivity contribution in [3.8, 4) is 11.8 Å². The van der Waals surface area contributed by atoms with Gasteiger partial charge < -0.3 is 18.8 Å². The minimum absolute atomic E-state index is 0.148. The van der Waals surface area contributed by atoms with Gasteiger partial charge in [0.25, 0.3) is 0 Å². The standard InChI is InChI=1S/C24H18N2O6/c1-14-22(25-24(29)30-15(2)17-6-4-3-5-7-17)19(32-26-14)11-9-16-8-10-18-13-21(23(27)28)31-20(18)12-16/h3-8,10,12-13,15H,1-2H3,(H,25,29)(H,27,28). The molecule has 1 atom stereocenters. The zero-order chi connectivity index (χ0) is 22.7. The van der Waals surface area contributed by atoms with Crippen LogP contribution in [0.25, 0.3) is 11.0 Å². The van der Waals surface area contributed by atoms with Crippen molar-refractivity contribution in [2.45, 2.75) is 20.0 Å². The number of hydrogen-bond donors (Lipinski definition) is 2. The van der Waals surface area contributed by atoms with Crippen molar-refractivity contribution in [1.82, 2.24) is 5.16 Å². The number of carboxylic acid groups (broad SMARTS) is 1. The molecular formula is C24H18N2O6. The highest BCUT2D eigenvalue weighted by atomic mass is 16.6. The first-order valence-electron chi connectivity index (χ1n) is 9.68. The van der Waals surface area contributed by atoms with Gasteiger partial charge in [-0.05, 0) is 49.6 Å². The Morgan fingerprint density at radius 3 is 2.66 bits per heavy atom. The molecule has 8 nitrogen and oxygen atoms in total. The van der Waals surface area contributed by atoms with E-state index in [0.717, 1.165) is 5.56 Å². The first-order chi connectivity index (χ1) is 15.4. The molecule has 2 aromatic carbocycles. The summed E-state index contributed by atoms with van der Waals surface area (Å²) in [6.07, 6.45) is -1.10. The molecule has 32 heavy (non-hydrogen) atoms. The largest absolute Gasteiger partial charge is 0.475 e. The second-order valence-corrected chi connectivity index (χ2v) is 6.97. The number of amides is 1. The van der Waals surface area contributed by atoms with Crippen molar-refractivity contribution in [2.24, 2.45) is 0 Å². The highest BCUT2D eigenvalue weighted by Gasteiger charge is 2.18. The fourth-order valence-corrected chi connectivity index (χ4v) is 3.03. The molecule has 8 heteroatoms. The van der Waals surface area contributed by atoms with Crippen LogP contribution in [0.15, 0.2) is 63.5 Å². The Labute approximate surface area is 182 Å². The number of ether oxygens (including phenoxy) is 1. The van der Waals surface area contributed by atoms with Crippen molar-refractivity contribution >= 4 is 28.7 Å². The second-order valence-electron chi connectivity index (χ2n) is 6.97. The lowest BCUT2D eigenvalue weighted by atomic mass is 10.1. The summed E-state index contributed by atoms with van der Waals surface area (Å²) in [5.41, 5.74) is 2.61. The molecule has 160 valence electrons. The third-order valence-corrected chi connectivity index (χ3v) is 4.69. The van der Waals surface area contributed by atoms with Crippen LogP contribution in [0.4, 0.5) is 10.5 Å². The molecular weight excluding hydrogens is 412 g/mol. The second kappa shape index (κ2) is 8.70. The smallest absolute Gasteiger partial charge is 0.412 e. The van der Waals surface area contributed by atoms with Gasteiger partial charge in [0.05, 0.1) is 0 Å². The predicted molar refractivity (Wildman–Crippen MR) is 115 cm³/mol. The predicted octanol–water partition coefficient (Wildman–Crippen LogP) is 5.14. The van der Waals surface area contributed by atoms with E-state index in [-0.39, 0.29) is 11.5 Å². The normalized spacial score (nSPS) is 11.4. The van der Waals surface area contributed by atoms with Crippen molar-refractivity contribution in [2.75, 3.05) is 5.32 Å². The third kappa shape index (κ3) is 4.47. The summed E-state index contributed by atoms with van der Waals surface area (Å²) in [6, 6.07) is 15.9. The molecule has 0 saturated heterocycles. The van der Waals surface area contributed by atoms with E-state index in [2.05, 4.69) is 22.3 Å². The zero-order valence-electron chi connectivity index (χ0n) is 17.2. The molecule has 0 bridgehead atoms. The summed E-state index contributed by atoms with van der Waals surface area (Å²) < 4.78 is 16.0. The lowest BCUT2D eigenvalue weighted by Gasteiger charge is -2.13. The van der Waals surface area contributed by atoms with E-state index in [1.165, 1.54) is 6.07 Å². The van der Waals surface area contributed by atoms with Crippen LogP contribution in [0.2, 0.25) is 0 Å². The van der Waals surface area contributed by atoms with Crippen LogP contribution in [0, 0.1) is 18.8 Å². The quantitative estimate of drug-likeness (QED) is 0.431. The average molecular weight is 430 g/mol. The van der Waals surface area contributed by atoms with Gasteiger partial charge in [-0.2, -0.15) is 0 Å². The number of furan rings is 1. The molecule has 1 unspecified atom stereocenters. The molecule has 2 heterocycles. The number of anilines is 1. The van der Waals surface area contributed by atoms with Gasteiger partial charge in [-0.15, -0.1) is 0 Å². The van der Waals surface area contributed by atoms with Crippen molar-refractivity contribution in [1.29, 1.82) is 0 Å². The number of rotatable bonds is 4. The Balaban J connectivity index is 1.51. The summed E-state index contributed by atoms with van der Waals surface area (Å²) in [4.78, 5) is 23.4. The first kappa shape index (κ1) is 20.8. The Bertz CT molecular complexity index is 1360. The summed E-state index contributed by atoms with van der Waals surface area (Å²) in [5.74, 6) is 4.60. The maximum absolute atomic E-state index is 12.4. The highest BCUT2D eigenvalue weighted by molar-refractivity contribution is 5.91. The molecule has 1 amide bonds. The zero-order valence-corrected chi connectivity index (χ0v) is 17.2. The number of nitrogens with one attached hydrogen (secondary N) is 1. The van der Waals surface area contributed by atoms with Crippen LogP contribution in [-0.4, -0.2) is 22.3 Å². The number of hydrogen-bond acceptors (Lipinski definition) is 6. The van der Waals surface area contributed by atoms with Crippen LogP contribution in [0.1, 0.15) is 46.2 Å². The Morgan fingerprint density at radius 2 is 1.91 bits per heavy atom. The van der Waals surface area contributed by atoms with E-state index in [9.17, 15) is 9.59 Å². The maximum atomic E-state index is 12.4. The fourth-order valence-electron chi connectivity index (χ4n) is 3.03. The number of carbonyl (C=O) groups is 2. The number of fused-ring (bicyclic) bond motifs is 1. The molecule has 2 aromatic heterocycles. The number of nitrogens with zero attached hydrogens (tertiary/aromatic N) is 1. The van der Waals surface area contributed by atoms with Gasteiger partial charge in [-0.25, -0.2) is 9.59 Å².